The molecule has 2 nitrogen and oxygen atoms in total. The van der Waals surface area contributed by atoms with E-state index >= 15 is 0 Å². The van der Waals surface area contributed by atoms with Crippen molar-refractivity contribution in [3.8, 4) is 0 Å². The van der Waals surface area contributed by atoms with Crippen molar-refractivity contribution in [2.75, 3.05) is 13.1 Å². The highest BCUT2D eigenvalue weighted by Crippen LogP contribution is 2.05. The fraction of sp³-hybridized carbons (Fsp3) is 1.00. The molecule has 0 aromatic carbocycles. The molecule has 0 spiro atoms. The topological polar surface area (TPSA) is 38.0 Å². The summed E-state index contributed by atoms with van der Waals surface area (Å²) in [7, 11) is 0. The number of nitrogens with one attached hydrogen (secondary N) is 1. The van der Waals surface area contributed by atoms with Gasteiger partial charge in [0.25, 0.3) is 0 Å². The minimum atomic E-state index is 0.672. The summed E-state index contributed by atoms with van der Waals surface area (Å²) in [5, 5.41) is 3.56. The van der Waals surface area contributed by atoms with Crippen LogP contribution in [0.4, 0.5) is 0 Å². The number of rotatable bonds is 9. The lowest BCUT2D eigenvalue weighted by Crippen LogP contribution is -2.29. The van der Waals surface area contributed by atoms with Crippen LogP contribution in [0.15, 0.2) is 0 Å². The minimum Gasteiger partial charge on any atom is -0.330 e. The van der Waals surface area contributed by atoms with Crippen molar-refractivity contribution in [1.29, 1.82) is 0 Å². The Bertz CT molecular complexity index is 111. The van der Waals surface area contributed by atoms with Crippen molar-refractivity contribution in [3.63, 3.8) is 0 Å². The predicted octanol–water partition coefficient (Wildman–Crippen LogP) is 2.53. The molecule has 2 heteroatoms. The third-order valence-electron chi connectivity index (χ3n) is 2.95. The molecule has 0 fully saturated rings. The number of hydrogen-bond donors (Lipinski definition) is 2. The maximum absolute atomic E-state index is 5.65. The van der Waals surface area contributed by atoms with Crippen molar-refractivity contribution < 1.29 is 0 Å². The van der Waals surface area contributed by atoms with Gasteiger partial charge in [-0.05, 0) is 38.8 Å². The van der Waals surface area contributed by atoms with Gasteiger partial charge in [0, 0.05) is 6.04 Å². The molecular weight excluding hydrogens is 172 g/mol. The maximum Gasteiger partial charge on any atom is 0.00387 e. The highest BCUT2D eigenvalue weighted by atomic mass is 14.9. The first kappa shape index (κ1) is 13.9. The van der Waals surface area contributed by atoms with E-state index in [-0.39, 0.29) is 0 Å². The molecule has 0 saturated carbocycles. The van der Waals surface area contributed by atoms with Gasteiger partial charge in [0.15, 0.2) is 0 Å². The molecule has 0 rings (SSSR count). The Labute approximate surface area is 89.6 Å². The van der Waals surface area contributed by atoms with Gasteiger partial charge in [0.1, 0.15) is 0 Å². The van der Waals surface area contributed by atoms with Crippen LogP contribution in [-0.4, -0.2) is 19.1 Å². The molecule has 0 saturated heterocycles. The lowest BCUT2D eigenvalue weighted by molar-refractivity contribution is 0.424. The smallest absolute Gasteiger partial charge is 0.00387 e. The van der Waals surface area contributed by atoms with Gasteiger partial charge in [-0.2, -0.15) is 0 Å². The summed E-state index contributed by atoms with van der Waals surface area (Å²) in [4.78, 5) is 0. The summed E-state index contributed by atoms with van der Waals surface area (Å²) in [6.45, 7) is 8.70. The fourth-order valence-electron chi connectivity index (χ4n) is 1.63. The summed E-state index contributed by atoms with van der Waals surface area (Å²) < 4.78 is 0. The Morgan fingerprint density at radius 3 is 2.43 bits per heavy atom. The van der Waals surface area contributed by atoms with E-state index in [9.17, 15) is 0 Å². The number of nitrogens with two attached hydrogens (primary N) is 1. The molecule has 0 aliphatic carbocycles. The Hall–Kier alpha value is -0.0800. The van der Waals surface area contributed by atoms with Crippen LogP contribution < -0.4 is 11.1 Å². The zero-order chi connectivity index (χ0) is 10.8. The van der Waals surface area contributed by atoms with Crippen LogP contribution in [0.3, 0.4) is 0 Å². The van der Waals surface area contributed by atoms with Gasteiger partial charge in [0.2, 0.25) is 0 Å². The summed E-state index contributed by atoms with van der Waals surface area (Å²) in [5.41, 5.74) is 5.65. The van der Waals surface area contributed by atoms with Gasteiger partial charge < -0.3 is 11.1 Å². The summed E-state index contributed by atoms with van der Waals surface area (Å²) in [5.74, 6) is 0.709. The van der Waals surface area contributed by atoms with Crippen LogP contribution in [0.5, 0.6) is 0 Å². The summed E-state index contributed by atoms with van der Waals surface area (Å²) >= 11 is 0. The van der Waals surface area contributed by atoms with Gasteiger partial charge in [-0.3, -0.25) is 0 Å². The predicted molar refractivity (Wildman–Crippen MR) is 64.4 cm³/mol. The molecular formula is C12H28N2. The monoisotopic (exact) mass is 200 g/mol. The van der Waals surface area contributed by atoms with E-state index in [0.717, 1.165) is 13.1 Å². The van der Waals surface area contributed by atoms with Crippen LogP contribution in [0.2, 0.25) is 0 Å². The molecule has 2 atom stereocenters. The van der Waals surface area contributed by atoms with E-state index in [4.69, 9.17) is 5.73 Å². The zero-order valence-corrected chi connectivity index (χ0v) is 10.2. The zero-order valence-electron chi connectivity index (χ0n) is 10.2. The molecule has 0 radical (unpaired) electrons. The fourth-order valence-corrected chi connectivity index (χ4v) is 1.63. The molecule has 0 heterocycles. The van der Waals surface area contributed by atoms with Crippen molar-refractivity contribution in [2.45, 2.75) is 58.9 Å². The SMILES string of the molecule is CCCCC(C)NCCC(CC)CN. The molecule has 0 bridgehead atoms. The Morgan fingerprint density at radius 2 is 1.93 bits per heavy atom. The van der Waals surface area contributed by atoms with E-state index in [1.54, 1.807) is 0 Å². The maximum atomic E-state index is 5.65. The van der Waals surface area contributed by atoms with Crippen molar-refractivity contribution in [1.82, 2.24) is 5.32 Å². The van der Waals surface area contributed by atoms with Gasteiger partial charge in [0.05, 0.1) is 0 Å². The standard InChI is InChI=1S/C12H28N2/c1-4-6-7-11(3)14-9-8-12(5-2)10-13/h11-12,14H,4-10,13H2,1-3H3. The normalized spacial score (nSPS) is 15.4. The molecule has 3 N–H and O–H groups in total. The molecule has 0 aliphatic rings. The van der Waals surface area contributed by atoms with Crippen LogP contribution >= 0.6 is 0 Å². The number of unbranched alkanes of at least 4 members (excludes halogenated alkanes) is 1. The molecule has 86 valence electrons. The molecule has 0 aromatic rings. The Morgan fingerprint density at radius 1 is 1.21 bits per heavy atom. The molecule has 0 amide bonds. The lowest BCUT2D eigenvalue weighted by atomic mass is 10.0. The molecule has 0 aromatic heterocycles. The molecule has 14 heavy (non-hydrogen) atoms. The largest absolute Gasteiger partial charge is 0.330 e. The van der Waals surface area contributed by atoms with Crippen molar-refractivity contribution in [3.05, 3.63) is 0 Å². The van der Waals surface area contributed by atoms with Crippen LogP contribution in [0, 0.1) is 5.92 Å². The van der Waals surface area contributed by atoms with Gasteiger partial charge >= 0.3 is 0 Å². The first-order valence-electron chi connectivity index (χ1n) is 6.18. The van der Waals surface area contributed by atoms with E-state index in [1.165, 1.54) is 32.1 Å². The third kappa shape index (κ3) is 7.34. The summed E-state index contributed by atoms with van der Waals surface area (Å²) in [6, 6.07) is 0.672. The second-order valence-corrected chi connectivity index (χ2v) is 4.30. The average molecular weight is 200 g/mol. The van der Waals surface area contributed by atoms with Crippen molar-refractivity contribution >= 4 is 0 Å². The lowest BCUT2D eigenvalue weighted by Gasteiger charge is -2.16. The molecule has 2 unspecified atom stereocenters. The highest BCUT2D eigenvalue weighted by molar-refractivity contribution is 4.64. The average Bonchev–Trinajstić information content (AvgIpc) is 2.21. The first-order chi connectivity index (χ1) is 6.74. The third-order valence-corrected chi connectivity index (χ3v) is 2.95. The second-order valence-electron chi connectivity index (χ2n) is 4.30. The number of hydrogen-bond acceptors (Lipinski definition) is 2. The van der Waals surface area contributed by atoms with Crippen molar-refractivity contribution in [2.24, 2.45) is 11.7 Å². The highest BCUT2D eigenvalue weighted by Gasteiger charge is 2.04. The van der Waals surface area contributed by atoms with E-state index in [0.29, 0.717) is 12.0 Å². The van der Waals surface area contributed by atoms with E-state index in [2.05, 4.69) is 26.1 Å². The summed E-state index contributed by atoms with van der Waals surface area (Å²) in [6.07, 6.45) is 6.37. The Balaban J connectivity index is 3.33. The second kappa shape index (κ2) is 9.47. The quantitative estimate of drug-likeness (QED) is 0.600. The Kier molecular flexibility index (Phi) is 9.42. The van der Waals surface area contributed by atoms with Crippen LogP contribution in [0.1, 0.15) is 52.9 Å². The van der Waals surface area contributed by atoms with Crippen LogP contribution in [-0.2, 0) is 0 Å². The van der Waals surface area contributed by atoms with E-state index < -0.39 is 0 Å². The molecule has 0 aliphatic heterocycles. The van der Waals surface area contributed by atoms with Gasteiger partial charge in [-0.1, -0.05) is 33.1 Å². The van der Waals surface area contributed by atoms with Gasteiger partial charge in [-0.15, -0.1) is 0 Å². The van der Waals surface area contributed by atoms with Gasteiger partial charge in [-0.25, -0.2) is 0 Å². The van der Waals surface area contributed by atoms with Crippen LogP contribution in [0.25, 0.3) is 0 Å². The minimum absolute atomic E-state index is 0.672. The van der Waals surface area contributed by atoms with E-state index in [1.807, 2.05) is 0 Å². The first-order valence-corrected chi connectivity index (χ1v) is 6.18.